The average Bonchev–Trinajstić information content (AvgIpc) is 2.88. The van der Waals surface area contributed by atoms with Crippen LogP contribution in [0.1, 0.15) is 20.8 Å². The highest BCUT2D eigenvalue weighted by Gasteiger charge is 2.30. The second-order valence-electron chi connectivity index (χ2n) is 5.00. The Morgan fingerprint density at radius 3 is 2.47 bits per heavy atom. The third-order valence-corrected chi connectivity index (χ3v) is 2.51. The summed E-state index contributed by atoms with van der Waals surface area (Å²) in [5, 5.41) is 10.4. The maximum absolute atomic E-state index is 12.4. The minimum absolute atomic E-state index is 0.0277. The Kier molecular flexibility index (Phi) is 2.87. The van der Waals surface area contributed by atoms with Crippen molar-refractivity contribution in [2.45, 2.75) is 20.8 Å². The van der Waals surface area contributed by atoms with Gasteiger partial charge in [-0.1, -0.05) is 20.8 Å². The maximum atomic E-state index is 12.4. The van der Waals surface area contributed by atoms with Gasteiger partial charge in [-0.2, -0.15) is 5.10 Å². The number of rotatable bonds is 2. The predicted molar refractivity (Wildman–Crippen MR) is 63.7 cm³/mol. The fraction of sp³-hybridized carbons (Fsp3) is 0.545. The van der Waals surface area contributed by atoms with Crippen LogP contribution in [-0.4, -0.2) is 33.6 Å². The van der Waals surface area contributed by atoms with Gasteiger partial charge in [-0.3, -0.25) is 4.79 Å². The summed E-state index contributed by atoms with van der Waals surface area (Å²) >= 11 is 0. The van der Waals surface area contributed by atoms with Gasteiger partial charge in [0, 0.05) is 18.5 Å². The molecule has 0 saturated carbocycles. The van der Waals surface area contributed by atoms with Crippen molar-refractivity contribution in [2.75, 3.05) is 13.1 Å². The first-order chi connectivity index (χ1) is 8.00. The van der Waals surface area contributed by atoms with Crippen molar-refractivity contribution in [3.8, 4) is 0 Å². The van der Waals surface area contributed by atoms with Gasteiger partial charge in [-0.05, 0) is 0 Å². The Bertz CT molecular complexity index is 433. The standard InChI is InChI=1S/C11H17N5O/c1-11(2,3)9(17)8(10-13-4-5-14-10)16-7-12-6-15-16/h6-7,13-14H,4-5H2,1-3H3. The Morgan fingerprint density at radius 1 is 1.35 bits per heavy atom. The van der Waals surface area contributed by atoms with Gasteiger partial charge in [0.1, 0.15) is 24.2 Å². The SMILES string of the molecule is CC(C)(C)C(=O)C(=C1NCCN1)n1cncn1. The van der Waals surface area contributed by atoms with E-state index in [1.54, 1.807) is 0 Å². The van der Waals surface area contributed by atoms with E-state index in [1.807, 2.05) is 20.8 Å². The van der Waals surface area contributed by atoms with Crippen LogP contribution in [0.4, 0.5) is 0 Å². The van der Waals surface area contributed by atoms with Crippen LogP contribution in [-0.2, 0) is 4.79 Å². The lowest BCUT2D eigenvalue weighted by Crippen LogP contribution is -2.29. The smallest absolute Gasteiger partial charge is 0.190 e. The summed E-state index contributed by atoms with van der Waals surface area (Å²) in [5.41, 5.74) is 0.0627. The van der Waals surface area contributed by atoms with Crippen LogP contribution >= 0.6 is 0 Å². The number of nitrogens with one attached hydrogen (secondary N) is 2. The summed E-state index contributed by atoms with van der Waals surface area (Å²) in [6.45, 7) is 7.29. The zero-order chi connectivity index (χ0) is 12.5. The van der Waals surface area contributed by atoms with Crippen LogP contribution in [0.15, 0.2) is 18.5 Å². The van der Waals surface area contributed by atoms with Gasteiger partial charge in [-0.25, -0.2) is 9.67 Å². The molecule has 1 aromatic rings. The summed E-state index contributed by atoms with van der Waals surface area (Å²) in [6, 6.07) is 0. The molecule has 1 fully saturated rings. The van der Waals surface area contributed by atoms with Gasteiger partial charge in [0.2, 0.25) is 0 Å². The van der Waals surface area contributed by atoms with E-state index < -0.39 is 5.41 Å². The van der Waals surface area contributed by atoms with Crippen molar-refractivity contribution in [1.29, 1.82) is 0 Å². The first-order valence-corrected chi connectivity index (χ1v) is 5.62. The highest BCUT2D eigenvalue weighted by Crippen LogP contribution is 2.23. The molecule has 17 heavy (non-hydrogen) atoms. The van der Waals surface area contributed by atoms with Crippen molar-refractivity contribution in [2.24, 2.45) is 5.41 Å². The summed E-state index contributed by atoms with van der Waals surface area (Å²) in [4.78, 5) is 16.3. The van der Waals surface area contributed by atoms with Crippen LogP contribution in [0.25, 0.3) is 5.70 Å². The number of hydrogen-bond donors (Lipinski definition) is 2. The predicted octanol–water partition coefficient (Wildman–Crippen LogP) is 0.212. The van der Waals surface area contributed by atoms with Crippen LogP contribution in [0, 0.1) is 5.41 Å². The molecule has 6 nitrogen and oxygen atoms in total. The molecule has 0 unspecified atom stereocenters. The summed E-state index contributed by atoms with van der Waals surface area (Å²) in [6.07, 6.45) is 2.96. The summed E-state index contributed by atoms with van der Waals surface area (Å²) in [7, 11) is 0. The first kappa shape index (κ1) is 11.6. The molecule has 0 spiro atoms. The van der Waals surface area contributed by atoms with E-state index in [2.05, 4.69) is 20.7 Å². The van der Waals surface area contributed by atoms with E-state index in [1.165, 1.54) is 17.3 Å². The second-order valence-corrected chi connectivity index (χ2v) is 5.00. The quantitative estimate of drug-likeness (QED) is 0.717. The third kappa shape index (κ3) is 2.30. The molecule has 0 amide bonds. The normalized spacial score (nSPS) is 15.4. The average molecular weight is 235 g/mol. The van der Waals surface area contributed by atoms with Gasteiger partial charge in [0.15, 0.2) is 5.78 Å². The Hall–Kier alpha value is -1.85. The first-order valence-electron chi connectivity index (χ1n) is 5.62. The van der Waals surface area contributed by atoms with E-state index in [0.717, 1.165) is 18.9 Å². The molecule has 1 aliphatic heterocycles. The lowest BCUT2D eigenvalue weighted by Gasteiger charge is -2.20. The van der Waals surface area contributed by atoms with Gasteiger partial charge in [-0.15, -0.1) is 0 Å². The van der Waals surface area contributed by atoms with E-state index in [0.29, 0.717) is 5.70 Å². The maximum Gasteiger partial charge on any atom is 0.190 e. The number of ketones is 1. The Morgan fingerprint density at radius 2 is 2.00 bits per heavy atom. The van der Waals surface area contributed by atoms with Crippen molar-refractivity contribution in [3.63, 3.8) is 0 Å². The minimum Gasteiger partial charge on any atom is -0.368 e. The van der Waals surface area contributed by atoms with Crippen molar-refractivity contribution < 1.29 is 4.79 Å². The molecule has 1 aromatic heterocycles. The minimum atomic E-state index is -0.458. The van der Waals surface area contributed by atoms with Crippen LogP contribution in [0.2, 0.25) is 0 Å². The molecule has 2 heterocycles. The summed E-state index contributed by atoms with van der Waals surface area (Å²) in [5.74, 6) is 0.760. The van der Waals surface area contributed by atoms with E-state index in [-0.39, 0.29) is 5.78 Å². The zero-order valence-electron chi connectivity index (χ0n) is 10.3. The molecule has 2 rings (SSSR count). The molecular weight excluding hydrogens is 218 g/mol. The van der Waals surface area contributed by atoms with Gasteiger partial charge >= 0.3 is 0 Å². The molecular formula is C11H17N5O. The van der Waals surface area contributed by atoms with Crippen LogP contribution in [0.3, 0.4) is 0 Å². The number of carbonyl (C=O) groups excluding carboxylic acids is 1. The summed E-state index contributed by atoms with van der Waals surface area (Å²) < 4.78 is 1.51. The van der Waals surface area contributed by atoms with Gasteiger partial charge in [0.05, 0.1) is 0 Å². The van der Waals surface area contributed by atoms with Crippen LogP contribution < -0.4 is 10.6 Å². The van der Waals surface area contributed by atoms with E-state index >= 15 is 0 Å². The molecule has 0 aromatic carbocycles. The molecule has 0 atom stereocenters. The Labute approximate surface area is 100 Å². The highest BCUT2D eigenvalue weighted by atomic mass is 16.1. The van der Waals surface area contributed by atoms with Crippen molar-refractivity contribution in [3.05, 3.63) is 18.5 Å². The van der Waals surface area contributed by atoms with E-state index in [9.17, 15) is 4.79 Å². The number of nitrogens with zero attached hydrogens (tertiary/aromatic N) is 3. The molecule has 6 heteroatoms. The lowest BCUT2D eigenvalue weighted by atomic mass is 9.89. The number of hydrogen-bond acceptors (Lipinski definition) is 5. The van der Waals surface area contributed by atoms with Gasteiger partial charge < -0.3 is 10.6 Å². The molecule has 0 bridgehead atoms. The number of carbonyl (C=O) groups is 1. The van der Waals surface area contributed by atoms with Crippen LogP contribution in [0.5, 0.6) is 0 Å². The van der Waals surface area contributed by atoms with E-state index in [4.69, 9.17) is 0 Å². The number of Topliss-reactive ketones (excluding diaryl/α,β-unsaturated/α-hetero) is 1. The largest absolute Gasteiger partial charge is 0.368 e. The molecule has 2 N–H and O–H groups in total. The Balaban J connectivity index is 2.46. The van der Waals surface area contributed by atoms with Crippen molar-refractivity contribution >= 4 is 11.5 Å². The van der Waals surface area contributed by atoms with Crippen molar-refractivity contribution in [1.82, 2.24) is 25.4 Å². The fourth-order valence-corrected chi connectivity index (χ4v) is 1.62. The lowest BCUT2D eigenvalue weighted by molar-refractivity contribution is -0.120. The monoisotopic (exact) mass is 235 g/mol. The molecule has 92 valence electrons. The topological polar surface area (TPSA) is 71.8 Å². The third-order valence-electron chi connectivity index (χ3n) is 2.51. The molecule has 0 aliphatic carbocycles. The highest BCUT2D eigenvalue weighted by molar-refractivity contribution is 6.18. The number of allylic oxidation sites excluding steroid dienone is 1. The number of aromatic nitrogens is 3. The fourth-order valence-electron chi connectivity index (χ4n) is 1.62. The molecule has 1 saturated heterocycles. The molecule has 0 radical (unpaired) electrons. The zero-order valence-corrected chi connectivity index (χ0v) is 10.3. The second kappa shape index (κ2) is 4.20. The van der Waals surface area contributed by atoms with Gasteiger partial charge in [0.25, 0.3) is 0 Å². The molecule has 1 aliphatic rings.